The predicted octanol–water partition coefficient (Wildman–Crippen LogP) is 5.19. The van der Waals surface area contributed by atoms with E-state index in [2.05, 4.69) is 37.8 Å². The molecule has 0 N–H and O–H groups in total. The first-order valence-corrected chi connectivity index (χ1v) is 7.03. The molecule has 1 atom stereocenters. The van der Waals surface area contributed by atoms with Crippen LogP contribution in [0.3, 0.4) is 0 Å². The van der Waals surface area contributed by atoms with Gasteiger partial charge in [-0.1, -0.05) is 55.5 Å². The molecule has 0 aliphatic heterocycles. The minimum Gasteiger partial charge on any atom is -0.207 e. The van der Waals surface area contributed by atoms with Gasteiger partial charge >= 0.3 is 0 Å². The van der Waals surface area contributed by atoms with Crippen molar-refractivity contribution < 1.29 is 4.39 Å². The molecule has 0 heterocycles. The molecule has 0 radical (unpaired) electrons. The van der Waals surface area contributed by atoms with Gasteiger partial charge in [0, 0.05) is 0 Å². The first-order chi connectivity index (χ1) is 9.61. The Bertz CT molecular complexity index is 542. The van der Waals surface area contributed by atoms with E-state index in [9.17, 15) is 4.39 Å². The SMILES string of the molecule is C=CC(C)(CCc1ccccc1)Cc1ccc(F)cc1. The number of hydrogen-bond donors (Lipinski definition) is 0. The van der Waals surface area contributed by atoms with E-state index in [0.29, 0.717) is 0 Å². The quantitative estimate of drug-likeness (QED) is 0.632. The summed E-state index contributed by atoms with van der Waals surface area (Å²) in [7, 11) is 0. The van der Waals surface area contributed by atoms with Crippen LogP contribution in [0.1, 0.15) is 24.5 Å². The molecule has 0 nitrogen and oxygen atoms in total. The van der Waals surface area contributed by atoms with Gasteiger partial charge in [0.05, 0.1) is 0 Å². The second-order valence-electron chi connectivity index (χ2n) is 5.65. The average Bonchev–Trinajstić information content (AvgIpc) is 2.49. The van der Waals surface area contributed by atoms with Crippen molar-refractivity contribution in [3.8, 4) is 0 Å². The normalized spacial score (nSPS) is 13.7. The van der Waals surface area contributed by atoms with Gasteiger partial charge in [0.15, 0.2) is 0 Å². The van der Waals surface area contributed by atoms with Crippen molar-refractivity contribution >= 4 is 0 Å². The fourth-order valence-electron chi connectivity index (χ4n) is 2.41. The topological polar surface area (TPSA) is 0 Å². The van der Waals surface area contributed by atoms with E-state index < -0.39 is 0 Å². The van der Waals surface area contributed by atoms with Gasteiger partial charge in [-0.25, -0.2) is 4.39 Å². The van der Waals surface area contributed by atoms with E-state index in [0.717, 1.165) is 24.8 Å². The Balaban J connectivity index is 2.01. The molecule has 0 saturated carbocycles. The van der Waals surface area contributed by atoms with E-state index in [4.69, 9.17) is 0 Å². The van der Waals surface area contributed by atoms with E-state index in [-0.39, 0.29) is 11.2 Å². The molecule has 1 unspecified atom stereocenters. The zero-order valence-corrected chi connectivity index (χ0v) is 12.0. The molecule has 0 aliphatic rings. The Morgan fingerprint density at radius 3 is 2.25 bits per heavy atom. The molecule has 0 saturated heterocycles. The van der Waals surface area contributed by atoms with Crippen molar-refractivity contribution in [1.29, 1.82) is 0 Å². The van der Waals surface area contributed by atoms with Crippen molar-refractivity contribution in [3.63, 3.8) is 0 Å². The molecule has 0 bridgehead atoms. The van der Waals surface area contributed by atoms with Crippen molar-refractivity contribution in [1.82, 2.24) is 0 Å². The Morgan fingerprint density at radius 2 is 1.65 bits per heavy atom. The maximum Gasteiger partial charge on any atom is 0.123 e. The van der Waals surface area contributed by atoms with Gasteiger partial charge in [0.1, 0.15) is 5.82 Å². The highest BCUT2D eigenvalue weighted by Crippen LogP contribution is 2.29. The van der Waals surface area contributed by atoms with Crippen molar-refractivity contribution in [3.05, 3.63) is 84.2 Å². The molecule has 20 heavy (non-hydrogen) atoms. The number of allylic oxidation sites excluding steroid dienone is 1. The van der Waals surface area contributed by atoms with Crippen molar-refractivity contribution in [2.45, 2.75) is 26.2 Å². The van der Waals surface area contributed by atoms with Gasteiger partial charge in [0.25, 0.3) is 0 Å². The summed E-state index contributed by atoms with van der Waals surface area (Å²) >= 11 is 0. The number of hydrogen-bond acceptors (Lipinski definition) is 0. The first kappa shape index (κ1) is 14.5. The molecule has 0 aromatic heterocycles. The molecule has 0 fully saturated rings. The maximum atomic E-state index is 13.0. The van der Waals surface area contributed by atoms with Gasteiger partial charge in [-0.3, -0.25) is 0 Å². The summed E-state index contributed by atoms with van der Waals surface area (Å²) in [6.07, 6.45) is 4.99. The number of aryl methyl sites for hydroxylation is 1. The largest absolute Gasteiger partial charge is 0.207 e. The lowest BCUT2D eigenvalue weighted by Crippen LogP contribution is -2.17. The Morgan fingerprint density at radius 1 is 1.00 bits per heavy atom. The number of benzene rings is 2. The highest BCUT2D eigenvalue weighted by atomic mass is 19.1. The molecular formula is C19H21F. The van der Waals surface area contributed by atoms with Crippen molar-refractivity contribution in [2.24, 2.45) is 5.41 Å². The zero-order chi connectivity index (χ0) is 14.4. The monoisotopic (exact) mass is 268 g/mol. The molecule has 2 rings (SSSR count). The summed E-state index contributed by atoms with van der Waals surface area (Å²) in [4.78, 5) is 0. The van der Waals surface area contributed by atoms with Crippen LogP contribution in [0.2, 0.25) is 0 Å². The summed E-state index contributed by atoms with van der Waals surface area (Å²) in [5.74, 6) is -0.182. The third-order valence-corrected chi connectivity index (χ3v) is 3.84. The van der Waals surface area contributed by atoms with Gasteiger partial charge < -0.3 is 0 Å². The van der Waals surface area contributed by atoms with Gasteiger partial charge in [0.2, 0.25) is 0 Å². The standard InChI is InChI=1S/C19H21F/c1-3-19(2,14-13-16-7-5-4-6-8-16)15-17-9-11-18(20)12-10-17/h3-12H,1,13-15H2,2H3. The Hall–Kier alpha value is -1.89. The fourth-order valence-corrected chi connectivity index (χ4v) is 2.41. The van der Waals surface area contributed by atoms with Crippen LogP contribution in [0.15, 0.2) is 67.3 Å². The zero-order valence-electron chi connectivity index (χ0n) is 12.0. The molecule has 1 heteroatoms. The highest BCUT2D eigenvalue weighted by Gasteiger charge is 2.20. The third kappa shape index (κ3) is 4.06. The van der Waals surface area contributed by atoms with Crippen LogP contribution in [0, 0.1) is 11.2 Å². The Labute approximate surface area is 121 Å². The summed E-state index contributed by atoms with van der Waals surface area (Å²) < 4.78 is 13.0. The lowest BCUT2D eigenvalue weighted by molar-refractivity contribution is 0.390. The van der Waals surface area contributed by atoms with E-state index in [1.165, 1.54) is 17.7 Å². The van der Waals surface area contributed by atoms with Gasteiger partial charge in [-0.05, 0) is 47.9 Å². The molecule has 0 amide bonds. The second-order valence-corrected chi connectivity index (χ2v) is 5.65. The summed E-state index contributed by atoms with van der Waals surface area (Å²) in [5, 5.41) is 0. The van der Waals surface area contributed by atoms with E-state index >= 15 is 0 Å². The van der Waals surface area contributed by atoms with Crippen LogP contribution in [0.25, 0.3) is 0 Å². The summed E-state index contributed by atoms with van der Waals surface area (Å²) in [6.45, 7) is 6.20. The van der Waals surface area contributed by atoms with E-state index in [1.807, 2.05) is 24.3 Å². The molecule has 2 aromatic rings. The second kappa shape index (κ2) is 6.51. The molecule has 0 aliphatic carbocycles. The fraction of sp³-hybridized carbons (Fsp3) is 0.263. The molecule has 0 spiro atoms. The summed E-state index contributed by atoms with van der Waals surface area (Å²) in [5.41, 5.74) is 2.54. The van der Waals surface area contributed by atoms with Crippen LogP contribution in [-0.2, 0) is 12.8 Å². The van der Waals surface area contributed by atoms with Crippen LogP contribution in [-0.4, -0.2) is 0 Å². The van der Waals surface area contributed by atoms with E-state index in [1.54, 1.807) is 0 Å². The van der Waals surface area contributed by atoms with Crippen LogP contribution >= 0.6 is 0 Å². The van der Waals surface area contributed by atoms with Crippen LogP contribution in [0.5, 0.6) is 0 Å². The highest BCUT2D eigenvalue weighted by molar-refractivity contribution is 5.20. The average molecular weight is 268 g/mol. The van der Waals surface area contributed by atoms with Gasteiger partial charge in [-0.2, -0.15) is 0 Å². The molecular weight excluding hydrogens is 247 g/mol. The van der Waals surface area contributed by atoms with Crippen molar-refractivity contribution in [2.75, 3.05) is 0 Å². The smallest absolute Gasteiger partial charge is 0.123 e. The third-order valence-electron chi connectivity index (χ3n) is 3.84. The maximum absolute atomic E-state index is 13.0. The molecule has 2 aromatic carbocycles. The Kier molecular flexibility index (Phi) is 4.73. The minimum atomic E-state index is -0.182. The van der Waals surface area contributed by atoms with Crippen LogP contribution in [0.4, 0.5) is 4.39 Å². The minimum absolute atomic E-state index is 0.0354. The summed E-state index contributed by atoms with van der Waals surface area (Å²) in [6, 6.07) is 17.3. The van der Waals surface area contributed by atoms with Crippen LogP contribution < -0.4 is 0 Å². The predicted molar refractivity (Wildman–Crippen MR) is 83.2 cm³/mol. The number of rotatable bonds is 6. The lowest BCUT2D eigenvalue weighted by atomic mass is 9.79. The lowest BCUT2D eigenvalue weighted by Gasteiger charge is -2.26. The van der Waals surface area contributed by atoms with Gasteiger partial charge in [-0.15, -0.1) is 6.58 Å². The number of halogens is 1. The molecule has 104 valence electrons. The first-order valence-electron chi connectivity index (χ1n) is 7.03.